The number of amides is 2. The Morgan fingerprint density at radius 2 is 1.61 bits per heavy atom. The standard InChI is InChI=1S/C21H22N2O5/c1-3-28-18-7-5-4-6-17(18)23-20(25)16-12-15(16)19(24)22-14-10-8-13(9-11-14)21(26)27-2/h4-11,15-16H,3,12H2,1-2H3,(H,22,24)(H,23,25). The largest absolute Gasteiger partial charge is 0.492 e. The minimum Gasteiger partial charge on any atom is -0.492 e. The van der Waals surface area contributed by atoms with E-state index in [1.165, 1.54) is 7.11 Å². The van der Waals surface area contributed by atoms with Crippen LogP contribution >= 0.6 is 0 Å². The molecule has 1 aliphatic rings. The molecule has 2 N–H and O–H groups in total. The predicted octanol–water partition coefficient (Wildman–Crippen LogP) is 3.09. The minimum atomic E-state index is -0.441. The molecular formula is C21H22N2O5. The maximum Gasteiger partial charge on any atom is 0.337 e. The van der Waals surface area contributed by atoms with E-state index in [0.717, 1.165) is 0 Å². The molecule has 2 aromatic carbocycles. The van der Waals surface area contributed by atoms with Crippen molar-refractivity contribution >= 4 is 29.2 Å². The zero-order valence-electron chi connectivity index (χ0n) is 15.7. The molecule has 7 heteroatoms. The topological polar surface area (TPSA) is 93.7 Å². The van der Waals surface area contributed by atoms with Gasteiger partial charge >= 0.3 is 5.97 Å². The van der Waals surface area contributed by atoms with Crippen molar-refractivity contribution in [2.45, 2.75) is 13.3 Å². The smallest absolute Gasteiger partial charge is 0.337 e. The van der Waals surface area contributed by atoms with Crippen LogP contribution in [0.1, 0.15) is 23.7 Å². The Balaban J connectivity index is 1.55. The molecule has 0 radical (unpaired) electrons. The van der Waals surface area contributed by atoms with Gasteiger partial charge in [0, 0.05) is 5.69 Å². The van der Waals surface area contributed by atoms with Crippen LogP contribution in [-0.4, -0.2) is 31.5 Å². The van der Waals surface area contributed by atoms with Gasteiger partial charge in [0.05, 0.1) is 36.8 Å². The van der Waals surface area contributed by atoms with E-state index in [-0.39, 0.29) is 23.7 Å². The van der Waals surface area contributed by atoms with Gasteiger partial charge in [0.25, 0.3) is 0 Å². The molecule has 1 aliphatic carbocycles. The lowest BCUT2D eigenvalue weighted by molar-refractivity contribution is -0.122. The monoisotopic (exact) mass is 382 g/mol. The molecule has 0 bridgehead atoms. The molecule has 7 nitrogen and oxygen atoms in total. The number of rotatable bonds is 7. The van der Waals surface area contributed by atoms with Gasteiger partial charge in [-0.2, -0.15) is 0 Å². The summed E-state index contributed by atoms with van der Waals surface area (Å²) in [5.41, 5.74) is 1.56. The lowest BCUT2D eigenvalue weighted by atomic mass is 10.2. The number of nitrogens with one attached hydrogen (secondary N) is 2. The Kier molecular flexibility index (Phi) is 5.93. The summed E-state index contributed by atoms with van der Waals surface area (Å²) >= 11 is 0. The fourth-order valence-corrected chi connectivity index (χ4v) is 2.89. The van der Waals surface area contributed by atoms with E-state index in [1.54, 1.807) is 36.4 Å². The molecule has 1 fully saturated rings. The molecule has 0 aromatic heterocycles. The summed E-state index contributed by atoms with van der Waals surface area (Å²) < 4.78 is 10.1. The van der Waals surface area contributed by atoms with Crippen LogP contribution < -0.4 is 15.4 Å². The summed E-state index contributed by atoms with van der Waals surface area (Å²) in [6, 6.07) is 13.6. The second-order valence-corrected chi connectivity index (χ2v) is 6.43. The highest BCUT2D eigenvalue weighted by Gasteiger charge is 2.48. The molecule has 0 heterocycles. The van der Waals surface area contributed by atoms with Crippen LogP contribution in [0.5, 0.6) is 5.75 Å². The van der Waals surface area contributed by atoms with Crippen molar-refractivity contribution < 1.29 is 23.9 Å². The fourth-order valence-electron chi connectivity index (χ4n) is 2.89. The highest BCUT2D eigenvalue weighted by atomic mass is 16.5. The highest BCUT2D eigenvalue weighted by molar-refractivity contribution is 6.03. The average Bonchev–Trinajstić information content (AvgIpc) is 3.51. The van der Waals surface area contributed by atoms with Gasteiger partial charge in [-0.3, -0.25) is 9.59 Å². The van der Waals surface area contributed by atoms with Gasteiger partial charge in [0.15, 0.2) is 0 Å². The summed E-state index contributed by atoms with van der Waals surface area (Å²) in [7, 11) is 1.31. The normalized spacial score (nSPS) is 17.4. The van der Waals surface area contributed by atoms with Gasteiger partial charge in [-0.15, -0.1) is 0 Å². The van der Waals surface area contributed by atoms with Crippen molar-refractivity contribution in [2.75, 3.05) is 24.4 Å². The summed E-state index contributed by atoms with van der Waals surface area (Å²) in [6.07, 6.45) is 0.495. The minimum absolute atomic E-state index is 0.201. The third-order valence-corrected chi connectivity index (χ3v) is 4.48. The number of anilines is 2. The lowest BCUT2D eigenvalue weighted by Crippen LogP contribution is -2.21. The molecule has 2 aromatic rings. The van der Waals surface area contributed by atoms with E-state index >= 15 is 0 Å². The zero-order chi connectivity index (χ0) is 20.1. The van der Waals surface area contributed by atoms with Crippen molar-refractivity contribution in [3.8, 4) is 5.75 Å². The van der Waals surface area contributed by atoms with Gasteiger partial charge in [0.1, 0.15) is 5.75 Å². The van der Waals surface area contributed by atoms with E-state index in [1.807, 2.05) is 19.1 Å². The molecule has 0 saturated heterocycles. The summed E-state index contributed by atoms with van der Waals surface area (Å²) in [4.78, 5) is 36.3. The number of hydrogen-bond donors (Lipinski definition) is 2. The van der Waals surface area contributed by atoms with E-state index in [2.05, 4.69) is 15.4 Å². The van der Waals surface area contributed by atoms with E-state index in [9.17, 15) is 14.4 Å². The van der Waals surface area contributed by atoms with E-state index in [4.69, 9.17) is 4.74 Å². The molecule has 0 spiro atoms. The molecule has 2 amide bonds. The first kappa shape index (κ1) is 19.4. The molecular weight excluding hydrogens is 360 g/mol. The Hall–Kier alpha value is -3.35. The number of methoxy groups -OCH3 is 1. The third-order valence-electron chi connectivity index (χ3n) is 4.48. The quantitative estimate of drug-likeness (QED) is 0.718. The van der Waals surface area contributed by atoms with Crippen LogP contribution in [0.2, 0.25) is 0 Å². The Morgan fingerprint density at radius 3 is 2.25 bits per heavy atom. The first-order chi connectivity index (χ1) is 13.5. The average molecular weight is 382 g/mol. The van der Waals surface area contributed by atoms with Crippen LogP contribution in [0, 0.1) is 11.8 Å². The number of para-hydroxylation sites is 2. The van der Waals surface area contributed by atoms with Crippen molar-refractivity contribution in [2.24, 2.45) is 11.8 Å². The van der Waals surface area contributed by atoms with Gasteiger partial charge in [-0.25, -0.2) is 4.79 Å². The fraction of sp³-hybridized carbons (Fsp3) is 0.286. The van der Waals surface area contributed by atoms with Gasteiger partial charge < -0.3 is 20.1 Å². The first-order valence-corrected chi connectivity index (χ1v) is 9.05. The summed E-state index contributed by atoms with van der Waals surface area (Å²) in [5, 5.41) is 5.61. The molecule has 28 heavy (non-hydrogen) atoms. The number of carbonyl (C=O) groups excluding carboxylic acids is 3. The number of esters is 1. The predicted molar refractivity (Wildman–Crippen MR) is 104 cm³/mol. The summed E-state index contributed by atoms with van der Waals surface area (Å²) in [6.45, 7) is 2.37. The second-order valence-electron chi connectivity index (χ2n) is 6.43. The maximum absolute atomic E-state index is 12.5. The lowest BCUT2D eigenvalue weighted by Gasteiger charge is -2.11. The van der Waals surface area contributed by atoms with Crippen molar-refractivity contribution in [3.63, 3.8) is 0 Å². The highest BCUT2D eigenvalue weighted by Crippen LogP contribution is 2.40. The van der Waals surface area contributed by atoms with Crippen molar-refractivity contribution in [3.05, 3.63) is 54.1 Å². The van der Waals surface area contributed by atoms with Gasteiger partial charge in [-0.05, 0) is 49.7 Å². The number of ether oxygens (including phenoxy) is 2. The summed E-state index contributed by atoms with van der Waals surface area (Å²) in [5.74, 6) is -1.00. The molecule has 0 aliphatic heterocycles. The molecule has 2 atom stereocenters. The van der Waals surface area contributed by atoms with Crippen LogP contribution in [0.4, 0.5) is 11.4 Å². The van der Waals surface area contributed by atoms with Gasteiger partial charge in [-0.1, -0.05) is 12.1 Å². The van der Waals surface area contributed by atoms with Gasteiger partial charge in [0.2, 0.25) is 11.8 Å². The number of carbonyl (C=O) groups is 3. The van der Waals surface area contributed by atoms with Crippen LogP contribution in [0.25, 0.3) is 0 Å². The van der Waals surface area contributed by atoms with Crippen LogP contribution in [0.15, 0.2) is 48.5 Å². The number of hydrogen-bond acceptors (Lipinski definition) is 5. The van der Waals surface area contributed by atoms with Crippen molar-refractivity contribution in [1.29, 1.82) is 0 Å². The molecule has 3 rings (SSSR count). The third kappa shape index (κ3) is 4.49. The molecule has 2 unspecified atom stereocenters. The van der Waals surface area contributed by atoms with E-state index in [0.29, 0.717) is 35.7 Å². The molecule has 146 valence electrons. The number of benzene rings is 2. The first-order valence-electron chi connectivity index (χ1n) is 9.05. The Labute approximate surface area is 163 Å². The van der Waals surface area contributed by atoms with E-state index < -0.39 is 5.97 Å². The van der Waals surface area contributed by atoms with Crippen LogP contribution in [-0.2, 0) is 14.3 Å². The molecule has 1 saturated carbocycles. The second kappa shape index (κ2) is 8.56. The Morgan fingerprint density at radius 1 is 0.964 bits per heavy atom. The zero-order valence-corrected chi connectivity index (χ0v) is 15.7. The van der Waals surface area contributed by atoms with Crippen LogP contribution in [0.3, 0.4) is 0 Å². The SMILES string of the molecule is CCOc1ccccc1NC(=O)C1CC1C(=O)Nc1ccc(C(=O)OC)cc1. The van der Waals surface area contributed by atoms with Crippen molar-refractivity contribution in [1.82, 2.24) is 0 Å². The Bertz CT molecular complexity index is 879. The maximum atomic E-state index is 12.5.